The Morgan fingerprint density at radius 2 is 1.61 bits per heavy atom. The summed E-state index contributed by atoms with van der Waals surface area (Å²) in [7, 11) is -3.85. The van der Waals surface area contributed by atoms with Gasteiger partial charge >= 0.3 is 6.09 Å². The maximum Gasteiger partial charge on any atom is 0.408 e. The van der Waals surface area contributed by atoms with E-state index < -0.39 is 27.8 Å². The maximum atomic E-state index is 12.9. The Labute approximate surface area is 228 Å². The molecule has 3 aromatic rings. The van der Waals surface area contributed by atoms with Crippen molar-refractivity contribution in [2.24, 2.45) is 5.92 Å². The number of ether oxygens (including phenoxy) is 1. The number of nitrogens with one attached hydrogen (secondary N) is 3. The fraction of sp³-hybridized carbons (Fsp3) is 0.296. The molecule has 0 radical (unpaired) electrons. The van der Waals surface area contributed by atoms with E-state index >= 15 is 0 Å². The second kappa shape index (κ2) is 11.8. The number of sulfonamides is 1. The summed E-state index contributed by atoms with van der Waals surface area (Å²) >= 11 is 6.16. The summed E-state index contributed by atoms with van der Waals surface area (Å²) in [5.41, 5.74) is 1.31. The Balaban J connectivity index is 1.73. The standard InChI is InChI=1S/C27H31ClN4O5S/c1-17(2)23(31-26(34)37-27(3,4)5)25(33)30-20-13-11-18(12-14-20)19-15-22(24(28)29-16-19)32-38(35,36)21-9-7-6-8-10-21/h6-17,23,32H,1-5H3,(H,30,33)(H,31,34). The van der Waals surface area contributed by atoms with Gasteiger partial charge in [-0.05, 0) is 62.6 Å². The summed E-state index contributed by atoms with van der Waals surface area (Å²) < 4.78 is 33.2. The van der Waals surface area contributed by atoms with Crippen molar-refractivity contribution in [1.82, 2.24) is 10.3 Å². The number of carbonyl (C=O) groups is 2. The molecule has 9 nitrogen and oxygen atoms in total. The van der Waals surface area contributed by atoms with Crippen LogP contribution in [0.3, 0.4) is 0 Å². The molecule has 202 valence electrons. The minimum Gasteiger partial charge on any atom is -0.444 e. The van der Waals surface area contributed by atoms with Crippen LogP contribution in [0.25, 0.3) is 11.1 Å². The van der Waals surface area contributed by atoms with Crippen LogP contribution in [0, 0.1) is 5.92 Å². The lowest BCUT2D eigenvalue weighted by Gasteiger charge is -2.25. The number of hydrogen-bond donors (Lipinski definition) is 3. The van der Waals surface area contributed by atoms with E-state index in [-0.39, 0.29) is 27.6 Å². The minimum atomic E-state index is -3.85. The summed E-state index contributed by atoms with van der Waals surface area (Å²) in [4.78, 5) is 29.3. The van der Waals surface area contributed by atoms with Gasteiger partial charge in [-0.15, -0.1) is 0 Å². The number of hydrogen-bond acceptors (Lipinski definition) is 6. The van der Waals surface area contributed by atoms with Gasteiger partial charge in [0.05, 0.1) is 10.6 Å². The first kappa shape index (κ1) is 28.9. The van der Waals surface area contributed by atoms with Crippen LogP contribution in [0.2, 0.25) is 5.15 Å². The van der Waals surface area contributed by atoms with E-state index in [9.17, 15) is 18.0 Å². The van der Waals surface area contributed by atoms with Gasteiger partial charge in [0, 0.05) is 17.4 Å². The molecule has 3 rings (SSSR count). The van der Waals surface area contributed by atoms with E-state index in [2.05, 4.69) is 20.3 Å². The number of rotatable bonds is 8. The van der Waals surface area contributed by atoms with E-state index in [0.717, 1.165) is 5.56 Å². The van der Waals surface area contributed by atoms with Crippen molar-refractivity contribution in [1.29, 1.82) is 0 Å². The van der Waals surface area contributed by atoms with E-state index in [4.69, 9.17) is 16.3 Å². The first-order valence-corrected chi connectivity index (χ1v) is 13.8. The molecule has 0 saturated heterocycles. The number of carbonyl (C=O) groups excluding carboxylic acids is 2. The zero-order valence-electron chi connectivity index (χ0n) is 21.8. The van der Waals surface area contributed by atoms with Crippen LogP contribution in [0.5, 0.6) is 0 Å². The van der Waals surface area contributed by atoms with E-state index in [1.165, 1.54) is 18.3 Å². The number of alkyl carbamates (subject to hydrolysis) is 1. The molecule has 0 aliphatic carbocycles. The molecule has 2 amide bonds. The van der Waals surface area contributed by atoms with Crippen LogP contribution in [0.1, 0.15) is 34.6 Å². The number of aromatic nitrogens is 1. The van der Waals surface area contributed by atoms with Gasteiger partial charge in [0.1, 0.15) is 11.6 Å². The molecule has 1 aromatic heterocycles. The first-order valence-electron chi connectivity index (χ1n) is 11.9. The van der Waals surface area contributed by atoms with Crippen LogP contribution in [-0.2, 0) is 19.6 Å². The Kier molecular flexibility index (Phi) is 9.01. The first-order chi connectivity index (χ1) is 17.7. The number of halogens is 1. The van der Waals surface area contributed by atoms with Gasteiger partial charge in [-0.1, -0.05) is 55.8 Å². The summed E-state index contributed by atoms with van der Waals surface area (Å²) in [6.45, 7) is 8.88. The zero-order chi connectivity index (χ0) is 28.1. The van der Waals surface area contributed by atoms with Gasteiger partial charge in [0.25, 0.3) is 10.0 Å². The van der Waals surface area contributed by atoms with Gasteiger partial charge in [0.2, 0.25) is 5.91 Å². The highest BCUT2D eigenvalue weighted by Gasteiger charge is 2.27. The highest BCUT2D eigenvalue weighted by molar-refractivity contribution is 7.92. The van der Waals surface area contributed by atoms with Gasteiger partial charge in [0.15, 0.2) is 5.15 Å². The molecule has 1 atom stereocenters. The largest absolute Gasteiger partial charge is 0.444 e. The second-order valence-corrected chi connectivity index (χ2v) is 12.0. The topological polar surface area (TPSA) is 126 Å². The normalized spacial score (nSPS) is 12.5. The summed E-state index contributed by atoms with van der Waals surface area (Å²) in [6.07, 6.45) is 0.853. The molecule has 1 unspecified atom stereocenters. The quantitative estimate of drug-likeness (QED) is 0.305. The molecule has 0 bridgehead atoms. The van der Waals surface area contributed by atoms with Crippen LogP contribution < -0.4 is 15.4 Å². The lowest BCUT2D eigenvalue weighted by molar-refractivity contribution is -0.119. The summed E-state index contributed by atoms with van der Waals surface area (Å²) in [5, 5.41) is 5.43. The number of amides is 2. The zero-order valence-corrected chi connectivity index (χ0v) is 23.4. The molecule has 0 fully saturated rings. The van der Waals surface area contributed by atoms with E-state index in [0.29, 0.717) is 11.3 Å². The van der Waals surface area contributed by atoms with Gasteiger partial charge in [-0.3, -0.25) is 9.52 Å². The predicted molar refractivity (Wildman–Crippen MR) is 149 cm³/mol. The Morgan fingerprint density at radius 3 is 2.18 bits per heavy atom. The third kappa shape index (κ3) is 7.93. The Morgan fingerprint density at radius 1 is 0.974 bits per heavy atom. The average Bonchev–Trinajstić information content (AvgIpc) is 2.83. The van der Waals surface area contributed by atoms with Gasteiger partial charge in [-0.25, -0.2) is 18.2 Å². The second-order valence-electron chi connectivity index (χ2n) is 9.92. The number of benzene rings is 2. The van der Waals surface area contributed by atoms with Crippen molar-refractivity contribution in [3.63, 3.8) is 0 Å². The molecule has 1 heterocycles. The molecule has 2 aromatic carbocycles. The predicted octanol–water partition coefficient (Wildman–Crippen LogP) is 5.69. The highest BCUT2D eigenvalue weighted by atomic mass is 35.5. The maximum absolute atomic E-state index is 12.9. The van der Waals surface area contributed by atoms with E-state index in [1.54, 1.807) is 69.3 Å². The summed E-state index contributed by atoms with van der Waals surface area (Å²) in [5.74, 6) is -0.565. The Bertz CT molecular complexity index is 1390. The average molecular weight is 559 g/mol. The third-order valence-corrected chi connectivity index (χ3v) is 6.93. The molecule has 38 heavy (non-hydrogen) atoms. The fourth-order valence-corrected chi connectivity index (χ4v) is 4.70. The molecular weight excluding hydrogens is 528 g/mol. The monoisotopic (exact) mass is 558 g/mol. The van der Waals surface area contributed by atoms with Crippen molar-refractivity contribution >= 4 is 45.0 Å². The molecule has 11 heteroatoms. The smallest absolute Gasteiger partial charge is 0.408 e. The highest BCUT2D eigenvalue weighted by Crippen LogP contribution is 2.29. The van der Waals surface area contributed by atoms with Crippen LogP contribution in [-0.4, -0.2) is 37.0 Å². The molecule has 0 aliphatic heterocycles. The lowest BCUT2D eigenvalue weighted by Crippen LogP contribution is -2.48. The fourth-order valence-electron chi connectivity index (χ4n) is 3.42. The minimum absolute atomic E-state index is 0.00866. The molecule has 0 spiro atoms. The van der Waals surface area contributed by atoms with Crippen molar-refractivity contribution < 1.29 is 22.7 Å². The van der Waals surface area contributed by atoms with Crippen molar-refractivity contribution in [2.75, 3.05) is 10.0 Å². The van der Waals surface area contributed by atoms with Crippen molar-refractivity contribution in [2.45, 2.75) is 51.2 Å². The molecule has 0 aliphatic rings. The van der Waals surface area contributed by atoms with E-state index in [1.807, 2.05) is 13.8 Å². The SMILES string of the molecule is CC(C)C(NC(=O)OC(C)(C)C)C(=O)Nc1ccc(-c2cnc(Cl)c(NS(=O)(=O)c3ccccc3)c2)cc1. The Hall–Kier alpha value is -3.63. The van der Waals surface area contributed by atoms with Crippen molar-refractivity contribution in [3.8, 4) is 11.1 Å². The number of pyridine rings is 1. The van der Waals surface area contributed by atoms with Crippen LogP contribution in [0.15, 0.2) is 71.8 Å². The molecule has 0 saturated carbocycles. The summed E-state index contributed by atoms with van der Waals surface area (Å²) in [6, 6.07) is 15.6. The van der Waals surface area contributed by atoms with Crippen LogP contribution >= 0.6 is 11.6 Å². The number of anilines is 2. The van der Waals surface area contributed by atoms with Gasteiger partial charge in [-0.2, -0.15) is 0 Å². The van der Waals surface area contributed by atoms with Crippen molar-refractivity contribution in [3.05, 3.63) is 72.0 Å². The van der Waals surface area contributed by atoms with Gasteiger partial charge < -0.3 is 15.4 Å². The molecular formula is C27H31ClN4O5S. The lowest BCUT2D eigenvalue weighted by atomic mass is 10.0. The number of nitrogens with zero attached hydrogens (tertiary/aromatic N) is 1. The third-order valence-electron chi connectivity index (χ3n) is 5.24. The molecule has 3 N–H and O–H groups in total. The van der Waals surface area contributed by atoms with Crippen LogP contribution in [0.4, 0.5) is 16.2 Å².